The molecule has 146 valence electrons. The van der Waals surface area contributed by atoms with Gasteiger partial charge < -0.3 is 9.15 Å². The zero-order chi connectivity index (χ0) is 20.5. The molecule has 0 atom stereocenters. The van der Waals surface area contributed by atoms with Crippen molar-refractivity contribution in [1.82, 2.24) is 5.01 Å². The molecule has 0 fully saturated rings. The monoisotopic (exact) mass is 408 g/mol. The van der Waals surface area contributed by atoms with E-state index in [-0.39, 0.29) is 11.4 Å². The molecule has 0 bridgehead atoms. The molecule has 0 radical (unpaired) electrons. The number of hydrogen-bond acceptors (Lipinski definition) is 7. The Balaban J connectivity index is 1.67. The summed E-state index contributed by atoms with van der Waals surface area (Å²) in [7, 11) is 1.31. The highest BCUT2D eigenvalue weighted by Gasteiger charge is 2.35. The maximum atomic E-state index is 12.4. The molecule has 0 unspecified atom stereocenters. The minimum atomic E-state index is -0.519. The van der Waals surface area contributed by atoms with Gasteiger partial charge in [-0.1, -0.05) is 25.1 Å². The number of ether oxygens (including phenoxy) is 1. The number of nitrogens with zero attached hydrogens (tertiary/aromatic N) is 3. The maximum Gasteiger partial charge on any atom is 0.338 e. The van der Waals surface area contributed by atoms with Crippen molar-refractivity contribution in [3.05, 3.63) is 53.3 Å². The Labute approximate surface area is 170 Å². The van der Waals surface area contributed by atoms with Crippen molar-refractivity contribution in [2.75, 3.05) is 7.11 Å². The lowest BCUT2D eigenvalue weighted by molar-refractivity contribution is -0.114. The standard InChI is InChI=1S/C20H16N4O4S/c1-3-16-23-24-17(21)14(18(25)22-20(24)29-16)10-11-8-9-15(28-11)12-6-4-5-7-13(12)19(26)27-2/h4-10,21H,3H2,1-2H3/b14-10-,21-17?. The zero-order valence-corrected chi connectivity index (χ0v) is 16.4. The van der Waals surface area contributed by atoms with E-state index in [1.54, 1.807) is 36.4 Å². The lowest BCUT2D eigenvalue weighted by Gasteiger charge is -2.19. The number of fused-ring (bicyclic) bond motifs is 1. The van der Waals surface area contributed by atoms with Crippen molar-refractivity contribution in [3.63, 3.8) is 0 Å². The van der Waals surface area contributed by atoms with Crippen molar-refractivity contribution in [1.29, 1.82) is 5.41 Å². The molecular weight excluding hydrogens is 392 g/mol. The van der Waals surface area contributed by atoms with Gasteiger partial charge in [0.1, 0.15) is 16.6 Å². The van der Waals surface area contributed by atoms with Crippen LogP contribution in [0.3, 0.4) is 0 Å². The molecule has 9 heteroatoms. The van der Waals surface area contributed by atoms with Crippen LogP contribution in [0, 0.1) is 5.41 Å². The highest BCUT2D eigenvalue weighted by molar-refractivity contribution is 8.26. The minimum Gasteiger partial charge on any atom is -0.465 e. The van der Waals surface area contributed by atoms with Gasteiger partial charge in [0.05, 0.1) is 18.2 Å². The molecule has 0 saturated carbocycles. The van der Waals surface area contributed by atoms with Gasteiger partial charge in [-0.15, -0.1) is 0 Å². The molecule has 4 rings (SSSR count). The van der Waals surface area contributed by atoms with E-state index in [0.717, 1.165) is 5.04 Å². The van der Waals surface area contributed by atoms with Crippen LogP contribution in [-0.4, -0.2) is 40.0 Å². The number of carbonyl (C=O) groups excluding carboxylic acids is 2. The second kappa shape index (κ2) is 7.51. The first-order valence-corrected chi connectivity index (χ1v) is 9.60. The number of methoxy groups -OCH3 is 1. The Hall–Kier alpha value is -3.46. The Morgan fingerprint density at radius 3 is 2.86 bits per heavy atom. The summed E-state index contributed by atoms with van der Waals surface area (Å²) in [5.41, 5.74) is 1.02. The van der Waals surface area contributed by atoms with Crippen molar-refractivity contribution < 1.29 is 18.7 Å². The van der Waals surface area contributed by atoms with Crippen LogP contribution in [-0.2, 0) is 9.53 Å². The van der Waals surface area contributed by atoms with Crippen LogP contribution in [0.2, 0.25) is 0 Å². The number of amidine groups is 2. The average molecular weight is 408 g/mol. The first kappa shape index (κ1) is 18.9. The van der Waals surface area contributed by atoms with E-state index in [1.807, 2.05) is 6.92 Å². The lowest BCUT2D eigenvalue weighted by atomic mass is 10.1. The summed E-state index contributed by atoms with van der Waals surface area (Å²) in [6, 6.07) is 10.3. The van der Waals surface area contributed by atoms with Gasteiger partial charge in [-0.2, -0.15) is 15.1 Å². The van der Waals surface area contributed by atoms with Crippen LogP contribution in [0.1, 0.15) is 29.5 Å². The summed E-state index contributed by atoms with van der Waals surface area (Å²) in [5, 5.41) is 15.2. The van der Waals surface area contributed by atoms with Crippen LogP contribution in [0.5, 0.6) is 0 Å². The Morgan fingerprint density at radius 1 is 1.31 bits per heavy atom. The summed E-state index contributed by atoms with van der Waals surface area (Å²) in [5.74, 6) is -0.241. The number of esters is 1. The molecule has 1 aromatic heterocycles. The normalized spacial score (nSPS) is 17.3. The van der Waals surface area contributed by atoms with Gasteiger partial charge in [0.25, 0.3) is 5.91 Å². The van der Waals surface area contributed by atoms with Crippen LogP contribution < -0.4 is 0 Å². The number of furan rings is 1. The molecule has 2 aromatic rings. The smallest absolute Gasteiger partial charge is 0.338 e. The van der Waals surface area contributed by atoms with Gasteiger partial charge in [0, 0.05) is 5.56 Å². The van der Waals surface area contributed by atoms with Crippen LogP contribution in [0.25, 0.3) is 17.4 Å². The quantitative estimate of drug-likeness (QED) is 0.609. The Kier molecular flexibility index (Phi) is 4.89. The predicted octanol–water partition coefficient (Wildman–Crippen LogP) is 3.76. The fraction of sp³-hybridized carbons (Fsp3) is 0.150. The maximum absolute atomic E-state index is 12.4. The van der Waals surface area contributed by atoms with Crippen LogP contribution >= 0.6 is 11.8 Å². The van der Waals surface area contributed by atoms with Gasteiger partial charge in [-0.05, 0) is 42.5 Å². The molecule has 8 nitrogen and oxygen atoms in total. The van der Waals surface area contributed by atoms with Gasteiger partial charge in [0.2, 0.25) is 5.17 Å². The lowest BCUT2D eigenvalue weighted by Crippen LogP contribution is -2.35. The first-order chi connectivity index (χ1) is 14.0. The summed E-state index contributed by atoms with van der Waals surface area (Å²) < 4.78 is 10.6. The largest absolute Gasteiger partial charge is 0.465 e. The third-order valence-electron chi connectivity index (χ3n) is 4.31. The van der Waals surface area contributed by atoms with E-state index in [2.05, 4.69) is 10.1 Å². The molecule has 1 amide bonds. The Morgan fingerprint density at radius 2 is 2.10 bits per heavy atom. The van der Waals surface area contributed by atoms with Crippen LogP contribution in [0.15, 0.2) is 56.5 Å². The second-order valence-corrected chi connectivity index (χ2v) is 7.15. The molecule has 2 aliphatic heterocycles. The van der Waals surface area contributed by atoms with Crippen molar-refractivity contribution in [2.45, 2.75) is 13.3 Å². The minimum absolute atomic E-state index is 0.0520. The van der Waals surface area contributed by atoms with Gasteiger partial charge >= 0.3 is 5.97 Å². The summed E-state index contributed by atoms with van der Waals surface area (Å²) >= 11 is 1.29. The molecular formula is C20H16N4O4S. The third kappa shape index (κ3) is 3.40. The highest BCUT2D eigenvalue weighted by Crippen LogP contribution is 2.31. The molecule has 2 aliphatic rings. The SMILES string of the molecule is CCC1=NN2C(=N)/C(=C/c3ccc(-c4ccccc4C(=O)OC)o3)C(=O)N=C2S1. The second-order valence-electron chi connectivity index (χ2n) is 6.11. The number of benzene rings is 1. The fourth-order valence-electron chi connectivity index (χ4n) is 2.88. The number of carbonyl (C=O) groups is 2. The first-order valence-electron chi connectivity index (χ1n) is 8.78. The van der Waals surface area contributed by atoms with Crippen molar-refractivity contribution in [3.8, 4) is 11.3 Å². The van der Waals surface area contributed by atoms with E-state index in [9.17, 15) is 9.59 Å². The molecule has 1 N–H and O–H groups in total. The zero-order valence-electron chi connectivity index (χ0n) is 15.6. The third-order valence-corrected chi connectivity index (χ3v) is 5.36. The number of rotatable bonds is 4. The van der Waals surface area contributed by atoms with Gasteiger partial charge in [0.15, 0.2) is 5.84 Å². The highest BCUT2D eigenvalue weighted by atomic mass is 32.2. The predicted molar refractivity (Wildman–Crippen MR) is 111 cm³/mol. The molecule has 3 heterocycles. The van der Waals surface area contributed by atoms with E-state index in [0.29, 0.717) is 34.2 Å². The number of thioether (sulfide) groups is 1. The number of hydrazone groups is 1. The van der Waals surface area contributed by atoms with Gasteiger partial charge in [-0.25, -0.2) is 4.79 Å². The number of nitrogens with one attached hydrogen (secondary N) is 1. The average Bonchev–Trinajstić information content (AvgIpc) is 3.37. The summed E-state index contributed by atoms with van der Waals surface area (Å²) in [4.78, 5) is 28.4. The topological polar surface area (TPSA) is 108 Å². The molecule has 0 spiro atoms. The number of aliphatic imine (C=N–C) groups is 1. The Bertz CT molecular complexity index is 1130. The molecule has 1 aromatic carbocycles. The molecule has 0 saturated heterocycles. The van der Waals surface area contributed by atoms with Gasteiger partial charge in [-0.3, -0.25) is 10.2 Å². The number of hydrogen-bond donors (Lipinski definition) is 1. The molecule has 29 heavy (non-hydrogen) atoms. The van der Waals surface area contributed by atoms with E-state index in [1.165, 1.54) is 30.0 Å². The fourth-order valence-corrected chi connectivity index (χ4v) is 3.70. The van der Waals surface area contributed by atoms with E-state index in [4.69, 9.17) is 14.6 Å². The van der Waals surface area contributed by atoms with E-state index >= 15 is 0 Å². The molecule has 0 aliphatic carbocycles. The van der Waals surface area contributed by atoms with Crippen LogP contribution in [0.4, 0.5) is 0 Å². The number of amides is 1. The summed E-state index contributed by atoms with van der Waals surface area (Å²) in [6.07, 6.45) is 2.15. The van der Waals surface area contributed by atoms with Crippen molar-refractivity contribution in [2.24, 2.45) is 10.1 Å². The van der Waals surface area contributed by atoms with Crippen molar-refractivity contribution >= 4 is 45.8 Å². The summed E-state index contributed by atoms with van der Waals surface area (Å²) in [6.45, 7) is 1.95. The van der Waals surface area contributed by atoms with E-state index < -0.39 is 11.9 Å².